The normalized spacial score (nSPS) is 15.3. The average molecular weight is 733 g/mol. The molecule has 8 nitrogen and oxygen atoms in total. The van der Waals surface area contributed by atoms with E-state index in [0.717, 1.165) is 12.7 Å². The highest BCUT2D eigenvalue weighted by Gasteiger charge is 2.30. The van der Waals surface area contributed by atoms with E-state index < -0.39 is 17.9 Å². The third-order valence-corrected chi connectivity index (χ3v) is 7.51. The highest BCUT2D eigenvalue weighted by Crippen LogP contribution is 2.42. The molecular formula is C25H19ClI2N2O6. The van der Waals surface area contributed by atoms with Crippen molar-refractivity contribution in [3.8, 4) is 17.2 Å². The number of carbonyl (C=O) groups is 2. The van der Waals surface area contributed by atoms with Crippen molar-refractivity contribution in [1.29, 1.82) is 0 Å². The second-order valence-corrected chi connectivity index (χ2v) is 10.8. The van der Waals surface area contributed by atoms with Crippen molar-refractivity contribution in [2.24, 2.45) is 5.18 Å². The number of carbonyl (C=O) groups excluding carboxylic acids is 2. The Balaban J connectivity index is 1.40. The number of nitroso groups, excluding NO2 is 1. The lowest BCUT2D eigenvalue weighted by Crippen LogP contribution is -2.28. The van der Waals surface area contributed by atoms with Crippen LogP contribution < -0.4 is 14.8 Å². The molecule has 2 amide bonds. The maximum atomic E-state index is 12.6. The van der Waals surface area contributed by atoms with E-state index in [-0.39, 0.29) is 24.1 Å². The molecule has 2 atom stereocenters. The van der Waals surface area contributed by atoms with Crippen LogP contribution in [0.2, 0.25) is 5.02 Å². The number of fused-ring (bicyclic) bond motifs is 1. The van der Waals surface area contributed by atoms with Crippen molar-refractivity contribution < 1.29 is 24.2 Å². The van der Waals surface area contributed by atoms with Crippen LogP contribution in [0.25, 0.3) is 0 Å². The minimum atomic E-state index is -0.828. The molecule has 2 unspecified atom stereocenters. The molecule has 2 N–H and O–H groups in total. The first-order valence-electron chi connectivity index (χ1n) is 10.8. The van der Waals surface area contributed by atoms with Crippen LogP contribution in [0.4, 0.5) is 0 Å². The second-order valence-electron chi connectivity index (χ2n) is 7.96. The van der Waals surface area contributed by atoms with Crippen LogP contribution in [0.3, 0.4) is 0 Å². The number of halogens is 3. The van der Waals surface area contributed by atoms with Gasteiger partial charge in [0.25, 0.3) is 11.8 Å². The van der Waals surface area contributed by atoms with Gasteiger partial charge in [-0.15, -0.1) is 4.91 Å². The highest BCUT2D eigenvalue weighted by atomic mass is 127. The zero-order valence-electron chi connectivity index (χ0n) is 18.5. The Labute approximate surface area is 239 Å². The van der Waals surface area contributed by atoms with E-state index in [2.05, 4.69) is 55.7 Å². The van der Waals surface area contributed by atoms with E-state index in [1.54, 1.807) is 36.4 Å². The molecule has 0 fully saturated rings. The van der Waals surface area contributed by atoms with Gasteiger partial charge in [-0.1, -0.05) is 17.7 Å². The number of nitrogens with one attached hydrogen (secondary N) is 1. The maximum absolute atomic E-state index is 12.6. The lowest BCUT2D eigenvalue weighted by molar-refractivity contribution is -0.119. The molecule has 3 aromatic carbocycles. The summed E-state index contributed by atoms with van der Waals surface area (Å²) in [5.74, 6) is -0.655. The summed E-state index contributed by atoms with van der Waals surface area (Å²) in [6, 6.07) is 15.2. The molecule has 0 bridgehead atoms. The molecule has 1 aliphatic heterocycles. The number of ether oxygens (including phenoxy) is 2. The third kappa shape index (κ3) is 6.15. The van der Waals surface area contributed by atoms with Gasteiger partial charge in [-0.2, -0.15) is 0 Å². The lowest BCUT2D eigenvalue weighted by Gasteiger charge is -2.24. The van der Waals surface area contributed by atoms with Gasteiger partial charge in [0, 0.05) is 36.1 Å². The van der Waals surface area contributed by atoms with E-state index in [1.807, 2.05) is 18.2 Å². The summed E-state index contributed by atoms with van der Waals surface area (Å²) in [7, 11) is 0. The molecule has 3 aromatic rings. The second kappa shape index (κ2) is 11.8. The van der Waals surface area contributed by atoms with Gasteiger partial charge >= 0.3 is 0 Å². The van der Waals surface area contributed by atoms with E-state index in [9.17, 15) is 19.6 Å². The Kier molecular flexibility index (Phi) is 8.80. The Hall–Kier alpha value is -2.29. The maximum Gasteiger partial charge on any atom is 0.294 e. The number of aliphatic hydroxyl groups excluding tert-OH is 1. The summed E-state index contributed by atoms with van der Waals surface area (Å²) in [6.07, 6.45) is -0.482. The molecule has 1 aliphatic rings. The molecule has 0 saturated carbocycles. The number of rotatable bonds is 7. The van der Waals surface area contributed by atoms with Crippen LogP contribution in [0.15, 0.2) is 59.8 Å². The van der Waals surface area contributed by atoms with Gasteiger partial charge in [0.05, 0.1) is 23.7 Å². The number of benzene rings is 3. The Morgan fingerprint density at radius 3 is 2.61 bits per heavy atom. The van der Waals surface area contributed by atoms with Gasteiger partial charge in [0.15, 0.2) is 0 Å². The van der Waals surface area contributed by atoms with Gasteiger partial charge < -0.3 is 19.9 Å². The van der Waals surface area contributed by atoms with Crippen molar-refractivity contribution >= 4 is 68.6 Å². The summed E-state index contributed by atoms with van der Waals surface area (Å²) < 4.78 is 13.5. The van der Waals surface area contributed by atoms with Gasteiger partial charge in [0.2, 0.25) is 0 Å². The number of hydrogen-bond donors (Lipinski definition) is 2. The van der Waals surface area contributed by atoms with Crippen LogP contribution in [0.5, 0.6) is 17.2 Å². The van der Waals surface area contributed by atoms with Gasteiger partial charge in [-0.25, -0.2) is 0 Å². The minimum absolute atomic E-state index is 0.0710. The van der Waals surface area contributed by atoms with Gasteiger partial charge in [-0.05, 0) is 99.6 Å². The molecule has 0 aliphatic carbocycles. The zero-order valence-corrected chi connectivity index (χ0v) is 23.6. The third-order valence-electron chi connectivity index (χ3n) is 5.61. The fourth-order valence-corrected chi connectivity index (χ4v) is 5.93. The summed E-state index contributed by atoms with van der Waals surface area (Å²) in [4.78, 5) is 35.1. The van der Waals surface area contributed by atoms with Crippen LogP contribution >= 0.6 is 56.8 Å². The van der Waals surface area contributed by atoms with Crippen molar-refractivity contribution in [2.45, 2.75) is 18.4 Å². The molecule has 0 saturated heterocycles. The monoisotopic (exact) mass is 732 g/mol. The number of aliphatic hydroxyl groups is 1. The smallest absolute Gasteiger partial charge is 0.294 e. The van der Waals surface area contributed by atoms with Crippen molar-refractivity contribution in [3.05, 3.63) is 88.4 Å². The van der Waals surface area contributed by atoms with Crippen LogP contribution in [0, 0.1) is 12.0 Å². The molecule has 0 radical (unpaired) electrons. The SMILES string of the molecule is O=NC(=O)C1CCOc2cc(Oc3ccc(C(=O)NCC(O)c4ccc(I)cc4I)cc3)c(Cl)cc21. The first-order valence-corrected chi connectivity index (χ1v) is 13.3. The largest absolute Gasteiger partial charge is 0.493 e. The van der Waals surface area contributed by atoms with Crippen LogP contribution in [0.1, 0.15) is 39.9 Å². The summed E-state index contributed by atoms with van der Waals surface area (Å²) in [6.45, 7) is 0.336. The summed E-state index contributed by atoms with van der Waals surface area (Å²) in [5.41, 5.74) is 1.65. The molecule has 4 rings (SSSR count). The van der Waals surface area contributed by atoms with E-state index in [4.69, 9.17) is 21.1 Å². The van der Waals surface area contributed by atoms with Crippen LogP contribution in [-0.2, 0) is 4.79 Å². The predicted molar refractivity (Wildman–Crippen MR) is 151 cm³/mol. The molecule has 36 heavy (non-hydrogen) atoms. The average Bonchev–Trinajstić information content (AvgIpc) is 2.87. The Bertz CT molecular complexity index is 1320. The molecular weight excluding hydrogens is 714 g/mol. The van der Waals surface area contributed by atoms with E-state index >= 15 is 0 Å². The number of nitrogens with zero attached hydrogens (tertiary/aromatic N) is 1. The summed E-state index contributed by atoms with van der Waals surface area (Å²) >= 11 is 10.7. The Morgan fingerprint density at radius 2 is 1.92 bits per heavy atom. The standard InChI is InChI=1S/C25H19ClI2N2O6/c26-19-10-18-16(25(33)30-34)7-8-35-22(18)11-23(19)36-15-4-1-13(2-5-15)24(32)29-12-21(31)17-6-3-14(27)9-20(17)28/h1-6,9-11,16,21,31H,7-8,12H2,(H,29,32). The zero-order chi connectivity index (χ0) is 25.8. The predicted octanol–water partition coefficient (Wildman–Crippen LogP) is 5.96. The van der Waals surface area contributed by atoms with Crippen molar-refractivity contribution in [3.63, 3.8) is 0 Å². The molecule has 0 aromatic heterocycles. The highest BCUT2D eigenvalue weighted by molar-refractivity contribution is 14.1. The van der Waals surface area contributed by atoms with Crippen molar-refractivity contribution in [1.82, 2.24) is 5.32 Å². The summed E-state index contributed by atoms with van der Waals surface area (Å²) in [5, 5.41) is 16.0. The molecule has 0 spiro atoms. The topological polar surface area (TPSA) is 114 Å². The minimum Gasteiger partial charge on any atom is -0.493 e. The Morgan fingerprint density at radius 1 is 1.17 bits per heavy atom. The number of hydrogen-bond acceptors (Lipinski definition) is 6. The lowest BCUT2D eigenvalue weighted by atomic mass is 9.92. The fraction of sp³-hybridized carbons (Fsp3) is 0.200. The quantitative estimate of drug-likeness (QED) is 0.229. The molecule has 186 valence electrons. The van der Waals surface area contributed by atoms with E-state index in [1.165, 1.54) is 0 Å². The first-order chi connectivity index (χ1) is 17.3. The van der Waals surface area contributed by atoms with Crippen LogP contribution in [-0.4, -0.2) is 30.1 Å². The van der Waals surface area contributed by atoms with E-state index in [0.29, 0.717) is 34.8 Å². The molecule has 11 heteroatoms. The van der Waals surface area contributed by atoms with Crippen molar-refractivity contribution in [2.75, 3.05) is 13.2 Å². The fourth-order valence-electron chi connectivity index (χ4n) is 3.76. The first kappa shape index (κ1) is 26.8. The van der Waals surface area contributed by atoms with Gasteiger partial charge in [0.1, 0.15) is 17.2 Å². The number of amides is 2. The van der Waals surface area contributed by atoms with Gasteiger partial charge in [-0.3, -0.25) is 9.59 Å². The molecule has 1 heterocycles.